The van der Waals surface area contributed by atoms with Gasteiger partial charge in [0.15, 0.2) is 17.9 Å². The lowest BCUT2D eigenvalue weighted by Gasteiger charge is -2.47. The first kappa shape index (κ1) is 36.0. The molecule has 0 saturated carbocycles. The molecule has 0 unspecified atom stereocenters. The van der Waals surface area contributed by atoms with Gasteiger partial charge in [-0.3, -0.25) is 4.57 Å². The van der Waals surface area contributed by atoms with Crippen molar-refractivity contribution < 1.29 is 33.3 Å². The average molecular weight is 743 g/mol. The third-order valence-corrected chi connectivity index (χ3v) is 15.1. The van der Waals surface area contributed by atoms with E-state index in [4.69, 9.17) is 40.2 Å². The van der Waals surface area contributed by atoms with Crippen molar-refractivity contribution in [2.75, 3.05) is 13.2 Å². The van der Waals surface area contributed by atoms with Crippen molar-refractivity contribution in [2.45, 2.75) is 102 Å². The Kier molecular flexibility index (Phi) is 10.7. The van der Waals surface area contributed by atoms with E-state index < -0.39 is 51.0 Å². The fourth-order valence-corrected chi connectivity index (χ4v) is 10.3. The average Bonchev–Trinajstić information content (AvgIpc) is 3.45. The standard InChI is InChI=1S/C31H45BrClN3O7Si2/c1-30(2,3)45(39,31(4,5)6)43-25-23(17-41-26(25)28(37)38)42-29-35-27-22(36(29)18-40-14-15-44(7,8)9)16-21(33)24(34-27)19-10-12-20(32)13-11-19/h10-13,16,23,25-26,39H,14-15,17-18H2,1-9H3,(H,37,38)/t23-,25+,26+/m1/s1. The van der Waals surface area contributed by atoms with Gasteiger partial charge < -0.3 is 28.5 Å². The molecular formula is C31H45BrClN3O7Si2. The summed E-state index contributed by atoms with van der Waals surface area (Å²) in [5, 5.41) is 9.20. The molecule has 1 aromatic carbocycles. The van der Waals surface area contributed by atoms with Crippen molar-refractivity contribution in [3.8, 4) is 17.3 Å². The van der Waals surface area contributed by atoms with Crippen LogP contribution in [0.25, 0.3) is 22.4 Å². The second-order valence-electron chi connectivity index (χ2n) is 14.8. The summed E-state index contributed by atoms with van der Waals surface area (Å²) in [6.45, 7) is 18.9. The number of carbonyl (C=O) groups is 1. The third kappa shape index (κ3) is 8.00. The van der Waals surface area contributed by atoms with E-state index in [1.165, 1.54) is 0 Å². The van der Waals surface area contributed by atoms with E-state index >= 15 is 0 Å². The van der Waals surface area contributed by atoms with Crippen molar-refractivity contribution >= 4 is 61.3 Å². The summed E-state index contributed by atoms with van der Waals surface area (Å²) >= 11 is 10.2. The first-order valence-corrected chi connectivity index (χ1v) is 21.8. The van der Waals surface area contributed by atoms with Gasteiger partial charge >= 0.3 is 20.5 Å². The number of fused-ring (bicyclic) bond motifs is 1. The first-order chi connectivity index (χ1) is 20.7. The number of aliphatic carboxylic acids is 1. The van der Waals surface area contributed by atoms with E-state index in [0.29, 0.717) is 28.5 Å². The maximum atomic E-state index is 12.3. The predicted molar refractivity (Wildman–Crippen MR) is 184 cm³/mol. The van der Waals surface area contributed by atoms with E-state index in [0.717, 1.165) is 16.1 Å². The molecule has 3 atom stereocenters. The summed E-state index contributed by atoms with van der Waals surface area (Å²) < 4.78 is 27.4. The Morgan fingerprint density at radius 3 is 2.29 bits per heavy atom. The third-order valence-electron chi connectivity index (χ3n) is 7.94. The lowest BCUT2D eigenvalue weighted by Crippen LogP contribution is -2.60. The fraction of sp³-hybridized carbons (Fsp3) is 0.581. The molecule has 14 heteroatoms. The minimum absolute atomic E-state index is 0.0710. The maximum absolute atomic E-state index is 12.3. The molecule has 0 spiro atoms. The zero-order valence-electron chi connectivity index (χ0n) is 27.5. The molecule has 0 aliphatic carbocycles. The van der Waals surface area contributed by atoms with Gasteiger partial charge in [0, 0.05) is 34.8 Å². The SMILES string of the molecule is CC(C)(C)[Si](O)(O[C@@H]1[C@@H](C(=O)O)OC[C@H]1Oc1nc2nc(-c3ccc(Br)cc3)c(Cl)cc2n1COCC[Si](C)(C)C)C(C)(C)C. The molecule has 2 aromatic heterocycles. The number of hydrogen-bond donors (Lipinski definition) is 2. The van der Waals surface area contributed by atoms with Gasteiger partial charge in [-0.05, 0) is 24.2 Å². The highest BCUT2D eigenvalue weighted by Gasteiger charge is 2.60. The Bertz CT molecular complexity index is 1500. The molecule has 0 radical (unpaired) electrons. The van der Waals surface area contributed by atoms with Gasteiger partial charge in [-0.1, -0.05) is 101 Å². The zero-order chi connectivity index (χ0) is 33.5. The molecule has 1 saturated heterocycles. The molecule has 0 bridgehead atoms. The van der Waals surface area contributed by atoms with Crippen molar-refractivity contribution in [3.63, 3.8) is 0 Å². The summed E-state index contributed by atoms with van der Waals surface area (Å²) in [6, 6.07) is 10.6. The Labute approximate surface area is 280 Å². The number of aromatic nitrogens is 3. The zero-order valence-corrected chi connectivity index (χ0v) is 31.8. The summed E-state index contributed by atoms with van der Waals surface area (Å²) in [5.41, 5.74) is 2.38. The number of carboxylic acid groups (broad SMARTS) is 1. The second-order valence-corrected chi connectivity index (χ2v) is 26.3. The van der Waals surface area contributed by atoms with Crippen LogP contribution in [0, 0.1) is 0 Å². The van der Waals surface area contributed by atoms with Gasteiger partial charge in [-0.15, -0.1) is 0 Å². The lowest BCUT2D eigenvalue weighted by molar-refractivity contribution is -0.151. The van der Waals surface area contributed by atoms with Crippen LogP contribution in [0.15, 0.2) is 34.8 Å². The molecule has 3 heterocycles. The van der Waals surface area contributed by atoms with Gasteiger partial charge in [-0.2, -0.15) is 4.98 Å². The molecule has 10 nitrogen and oxygen atoms in total. The van der Waals surface area contributed by atoms with Crippen LogP contribution < -0.4 is 4.74 Å². The van der Waals surface area contributed by atoms with Crippen molar-refractivity contribution in [2.24, 2.45) is 0 Å². The summed E-state index contributed by atoms with van der Waals surface area (Å²) in [5.74, 6) is -1.19. The Hall–Kier alpha value is -1.85. The van der Waals surface area contributed by atoms with Gasteiger partial charge in [-0.25, -0.2) is 9.78 Å². The van der Waals surface area contributed by atoms with Gasteiger partial charge in [0.25, 0.3) is 0 Å². The number of pyridine rings is 1. The number of benzene rings is 1. The second kappa shape index (κ2) is 13.3. The highest BCUT2D eigenvalue weighted by molar-refractivity contribution is 9.10. The number of halogens is 2. The monoisotopic (exact) mass is 741 g/mol. The molecule has 4 rings (SSSR count). The quantitative estimate of drug-likeness (QED) is 0.152. The van der Waals surface area contributed by atoms with Crippen LogP contribution in [0.3, 0.4) is 0 Å². The Morgan fingerprint density at radius 1 is 1.11 bits per heavy atom. The van der Waals surface area contributed by atoms with E-state index in [1.54, 1.807) is 10.6 Å². The van der Waals surface area contributed by atoms with Crippen molar-refractivity contribution in [3.05, 3.63) is 39.8 Å². The van der Waals surface area contributed by atoms with Crippen LogP contribution in [0.4, 0.5) is 0 Å². The van der Waals surface area contributed by atoms with Crippen molar-refractivity contribution in [1.82, 2.24) is 14.5 Å². The van der Waals surface area contributed by atoms with Gasteiger partial charge in [0.2, 0.25) is 0 Å². The molecule has 2 N–H and O–H groups in total. The minimum atomic E-state index is -3.61. The van der Waals surface area contributed by atoms with E-state index in [2.05, 4.69) is 35.6 Å². The predicted octanol–water partition coefficient (Wildman–Crippen LogP) is 7.48. The Morgan fingerprint density at radius 2 is 1.73 bits per heavy atom. The number of carboxylic acids is 1. The van der Waals surface area contributed by atoms with Crippen LogP contribution in [0.5, 0.6) is 6.01 Å². The van der Waals surface area contributed by atoms with Crippen LogP contribution in [-0.4, -0.2) is 78.6 Å². The fourth-order valence-electron chi connectivity index (χ4n) is 5.41. The normalized spacial score (nSPS) is 19.8. The molecule has 3 aromatic rings. The number of nitrogens with zero attached hydrogens (tertiary/aromatic N) is 3. The van der Waals surface area contributed by atoms with E-state index in [1.807, 2.05) is 65.8 Å². The number of hydrogen-bond acceptors (Lipinski definition) is 8. The molecule has 45 heavy (non-hydrogen) atoms. The number of rotatable bonds is 11. The largest absolute Gasteiger partial charge is 0.479 e. The maximum Gasteiger partial charge on any atom is 0.347 e. The summed E-state index contributed by atoms with van der Waals surface area (Å²) in [7, 11) is -4.96. The highest BCUT2D eigenvalue weighted by atomic mass is 79.9. The topological polar surface area (TPSA) is 125 Å². The molecule has 0 amide bonds. The van der Waals surface area contributed by atoms with Crippen LogP contribution in [-0.2, 0) is 25.4 Å². The highest BCUT2D eigenvalue weighted by Crippen LogP contribution is 2.51. The van der Waals surface area contributed by atoms with Crippen molar-refractivity contribution in [1.29, 1.82) is 0 Å². The molecule has 1 aliphatic rings. The number of ether oxygens (including phenoxy) is 3. The molecule has 248 valence electrons. The Balaban J connectivity index is 1.75. The molecule has 1 fully saturated rings. The molecular weight excluding hydrogens is 698 g/mol. The first-order valence-electron chi connectivity index (χ1n) is 15.0. The van der Waals surface area contributed by atoms with Crippen LogP contribution in [0.1, 0.15) is 41.5 Å². The van der Waals surface area contributed by atoms with Gasteiger partial charge in [0.05, 0.1) is 22.8 Å². The summed E-state index contributed by atoms with van der Waals surface area (Å²) in [4.78, 5) is 33.9. The molecule has 1 aliphatic heterocycles. The minimum Gasteiger partial charge on any atom is -0.479 e. The van der Waals surface area contributed by atoms with Crippen LogP contribution >= 0.6 is 27.5 Å². The van der Waals surface area contributed by atoms with Gasteiger partial charge in [0.1, 0.15) is 12.8 Å². The summed E-state index contributed by atoms with van der Waals surface area (Å²) in [6.07, 6.45) is -3.30. The smallest absolute Gasteiger partial charge is 0.347 e. The number of imidazole rings is 1. The van der Waals surface area contributed by atoms with Crippen LogP contribution in [0.2, 0.25) is 40.8 Å². The van der Waals surface area contributed by atoms with E-state index in [9.17, 15) is 14.7 Å². The van der Waals surface area contributed by atoms with E-state index in [-0.39, 0.29) is 19.3 Å². The lowest BCUT2D eigenvalue weighted by atomic mass is 10.1.